The number of amides is 2. The molecule has 1 saturated heterocycles. The minimum absolute atomic E-state index is 0.107. The van der Waals surface area contributed by atoms with Gasteiger partial charge in [-0.15, -0.1) is 0 Å². The minimum Gasteiger partial charge on any atom is -0.341 e. The third-order valence-corrected chi connectivity index (χ3v) is 5.06. The Bertz CT molecular complexity index is 885. The largest absolute Gasteiger partial charge is 0.341 e. The summed E-state index contributed by atoms with van der Waals surface area (Å²) < 4.78 is 0. The topological polar surface area (TPSA) is 76.4 Å². The van der Waals surface area contributed by atoms with Gasteiger partial charge in [0.05, 0.1) is 18.1 Å². The highest BCUT2D eigenvalue weighted by Gasteiger charge is 2.19. The Labute approximate surface area is 171 Å². The number of anilines is 1. The van der Waals surface area contributed by atoms with Gasteiger partial charge in [0.25, 0.3) is 0 Å². The summed E-state index contributed by atoms with van der Waals surface area (Å²) in [5.74, 6) is 0.0291. The molecule has 1 heterocycles. The second-order valence-electron chi connectivity index (χ2n) is 7.37. The first-order valence-electron chi connectivity index (χ1n) is 9.89. The molecule has 0 atom stereocenters. The molecule has 150 valence electrons. The van der Waals surface area contributed by atoms with E-state index in [4.69, 9.17) is 5.26 Å². The van der Waals surface area contributed by atoms with Crippen molar-refractivity contribution >= 4 is 17.5 Å². The lowest BCUT2D eigenvalue weighted by atomic mass is 10.1. The Morgan fingerprint density at radius 3 is 2.31 bits per heavy atom. The number of hydrogen-bond acceptors (Lipinski definition) is 4. The van der Waals surface area contributed by atoms with E-state index in [9.17, 15) is 9.59 Å². The summed E-state index contributed by atoms with van der Waals surface area (Å²) in [6.07, 6.45) is 1.32. The maximum Gasteiger partial charge on any atom is 0.227 e. The molecule has 6 nitrogen and oxygen atoms in total. The number of rotatable bonds is 5. The van der Waals surface area contributed by atoms with Crippen LogP contribution in [0.15, 0.2) is 48.5 Å². The highest BCUT2D eigenvalue weighted by Crippen LogP contribution is 2.14. The Morgan fingerprint density at radius 2 is 1.66 bits per heavy atom. The lowest BCUT2D eigenvalue weighted by Gasteiger charge is -2.22. The van der Waals surface area contributed by atoms with Crippen LogP contribution in [-0.4, -0.2) is 47.8 Å². The molecule has 1 aliphatic heterocycles. The number of hydrogen-bond donors (Lipinski definition) is 1. The van der Waals surface area contributed by atoms with Crippen molar-refractivity contribution in [1.82, 2.24) is 9.80 Å². The normalized spacial score (nSPS) is 14.7. The smallest absolute Gasteiger partial charge is 0.227 e. The molecule has 0 bridgehead atoms. The first-order valence-corrected chi connectivity index (χ1v) is 9.89. The summed E-state index contributed by atoms with van der Waals surface area (Å²) in [6, 6.07) is 17.3. The first-order chi connectivity index (χ1) is 14.0. The van der Waals surface area contributed by atoms with Crippen molar-refractivity contribution in [1.29, 1.82) is 5.26 Å². The third-order valence-electron chi connectivity index (χ3n) is 5.06. The number of carbonyl (C=O) groups is 2. The van der Waals surface area contributed by atoms with Gasteiger partial charge in [0.15, 0.2) is 0 Å². The molecule has 2 amide bonds. The molecule has 29 heavy (non-hydrogen) atoms. The van der Waals surface area contributed by atoms with Gasteiger partial charge in [-0.2, -0.15) is 5.26 Å². The van der Waals surface area contributed by atoms with Crippen LogP contribution < -0.4 is 5.32 Å². The number of nitrogens with zero attached hydrogens (tertiary/aromatic N) is 3. The molecule has 3 rings (SSSR count). The van der Waals surface area contributed by atoms with Crippen LogP contribution in [0.1, 0.15) is 30.0 Å². The van der Waals surface area contributed by atoms with Crippen molar-refractivity contribution in [2.24, 2.45) is 0 Å². The van der Waals surface area contributed by atoms with Crippen LogP contribution in [0.4, 0.5) is 5.69 Å². The molecule has 0 spiro atoms. The highest BCUT2D eigenvalue weighted by molar-refractivity contribution is 5.88. The van der Waals surface area contributed by atoms with E-state index in [1.54, 1.807) is 0 Å². The van der Waals surface area contributed by atoms with E-state index in [0.717, 1.165) is 50.4 Å². The molecule has 2 aromatic carbocycles. The van der Waals surface area contributed by atoms with Crippen molar-refractivity contribution in [3.8, 4) is 6.07 Å². The van der Waals surface area contributed by atoms with Crippen LogP contribution >= 0.6 is 0 Å². The fraction of sp³-hybridized carbons (Fsp3) is 0.348. The third kappa shape index (κ3) is 6.16. The van der Waals surface area contributed by atoms with Crippen molar-refractivity contribution in [3.05, 3.63) is 65.2 Å². The van der Waals surface area contributed by atoms with Gasteiger partial charge in [0.2, 0.25) is 11.8 Å². The van der Waals surface area contributed by atoms with Gasteiger partial charge in [0, 0.05) is 45.3 Å². The average Bonchev–Trinajstić information content (AvgIpc) is 2.95. The first kappa shape index (κ1) is 20.6. The maximum absolute atomic E-state index is 12.7. The fourth-order valence-electron chi connectivity index (χ4n) is 3.52. The molecule has 2 aromatic rings. The highest BCUT2D eigenvalue weighted by atomic mass is 16.2. The molecular formula is C23H26N4O2. The van der Waals surface area contributed by atoms with E-state index in [-0.39, 0.29) is 11.8 Å². The van der Waals surface area contributed by atoms with E-state index >= 15 is 0 Å². The predicted molar refractivity (Wildman–Crippen MR) is 112 cm³/mol. The molecule has 0 radical (unpaired) electrons. The number of nitriles is 1. The maximum atomic E-state index is 12.7. The lowest BCUT2D eigenvalue weighted by molar-refractivity contribution is -0.130. The van der Waals surface area contributed by atoms with E-state index in [1.165, 1.54) is 12.5 Å². The number of carbonyl (C=O) groups excluding carboxylic acids is 2. The lowest BCUT2D eigenvalue weighted by Crippen LogP contribution is -2.36. The predicted octanol–water partition coefficient (Wildman–Crippen LogP) is 2.79. The number of nitrogens with one attached hydrogen (secondary N) is 1. The molecular weight excluding hydrogens is 364 g/mol. The quantitative estimate of drug-likeness (QED) is 0.852. The molecule has 6 heteroatoms. The summed E-state index contributed by atoms with van der Waals surface area (Å²) in [6.45, 7) is 5.59. The molecule has 0 saturated carbocycles. The van der Waals surface area contributed by atoms with Crippen LogP contribution in [0.5, 0.6) is 0 Å². The molecule has 1 N–H and O–H groups in total. The second-order valence-corrected chi connectivity index (χ2v) is 7.37. The van der Waals surface area contributed by atoms with E-state index in [0.29, 0.717) is 12.0 Å². The van der Waals surface area contributed by atoms with Gasteiger partial charge < -0.3 is 10.2 Å². The van der Waals surface area contributed by atoms with Crippen molar-refractivity contribution in [2.45, 2.75) is 26.3 Å². The fourth-order valence-corrected chi connectivity index (χ4v) is 3.52. The molecule has 0 aromatic heterocycles. The van der Waals surface area contributed by atoms with E-state index in [2.05, 4.69) is 16.3 Å². The van der Waals surface area contributed by atoms with Gasteiger partial charge in [0.1, 0.15) is 0 Å². The second kappa shape index (κ2) is 9.85. The molecule has 1 aliphatic rings. The van der Waals surface area contributed by atoms with Crippen LogP contribution in [0.25, 0.3) is 0 Å². The van der Waals surface area contributed by atoms with Crippen LogP contribution in [0.3, 0.4) is 0 Å². The van der Waals surface area contributed by atoms with Crippen LogP contribution in [0.2, 0.25) is 0 Å². The van der Waals surface area contributed by atoms with Crippen LogP contribution in [-0.2, 0) is 22.6 Å². The molecule has 0 aliphatic carbocycles. The Hall–Kier alpha value is -3.17. The minimum atomic E-state index is -0.107. The van der Waals surface area contributed by atoms with Gasteiger partial charge in [-0.3, -0.25) is 14.5 Å². The van der Waals surface area contributed by atoms with Gasteiger partial charge in [-0.25, -0.2) is 0 Å². The zero-order valence-electron chi connectivity index (χ0n) is 16.7. The summed E-state index contributed by atoms with van der Waals surface area (Å²) >= 11 is 0. The van der Waals surface area contributed by atoms with Gasteiger partial charge >= 0.3 is 0 Å². The zero-order chi connectivity index (χ0) is 20.6. The van der Waals surface area contributed by atoms with Gasteiger partial charge in [-0.1, -0.05) is 24.3 Å². The zero-order valence-corrected chi connectivity index (χ0v) is 16.7. The summed E-state index contributed by atoms with van der Waals surface area (Å²) in [4.78, 5) is 28.1. The SMILES string of the molecule is CC(=O)Nc1ccc(CC(=O)N2CCCN(Cc3ccc(C#N)cc3)CC2)cc1. The van der Waals surface area contributed by atoms with Crippen molar-refractivity contribution in [3.63, 3.8) is 0 Å². The summed E-state index contributed by atoms with van der Waals surface area (Å²) in [5.41, 5.74) is 3.54. The van der Waals surface area contributed by atoms with E-state index < -0.39 is 0 Å². The average molecular weight is 390 g/mol. The monoisotopic (exact) mass is 390 g/mol. The van der Waals surface area contributed by atoms with Crippen molar-refractivity contribution < 1.29 is 9.59 Å². The Kier molecular flexibility index (Phi) is 6.99. The summed E-state index contributed by atoms with van der Waals surface area (Å²) in [5, 5.41) is 11.6. The molecule has 1 fully saturated rings. The Morgan fingerprint density at radius 1 is 0.966 bits per heavy atom. The Balaban J connectivity index is 1.51. The number of benzene rings is 2. The van der Waals surface area contributed by atoms with Crippen molar-refractivity contribution in [2.75, 3.05) is 31.5 Å². The van der Waals surface area contributed by atoms with Gasteiger partial charge in [-0.05, 0) is 41.8 Å². The summed E-state index contributed by atoms with van der Waals surface area (Å²) in [7, 11) is 0. The van der Waals surface area contributed by atoms with Crippen LogP contribution in [0, 0.1) is 11.3 Å². The van der Waals surface area contributed by atoms with E-state index in [1.807, 2.05) is 53.4 Å². The standard InChI is InChI=1S/C23H26N4O2/c1-18(28)25-22-9-7-19(8-10-22)15-23(29)27-12-2-11-26(13-14-27)17-21-5-3-20(16-24)4-6-21/h3-10H,2,11-15,17H2,1H3,(H,25,28). The molecule has 0 unspecified atom stereocenters.